The minimum atomic E-state index is -0.0438. The van der Waals surface area contributed by atoms with Crippen molar-refractivity contribution in [1.29, 1.82) is 0 Å². The Morgan fingerprint density at radius 1 is 1.62 bits per heavy atom. The zero-order chi connectivity index (χ0) is 9.84. The van der Waals surface area contributed by atoms with Crippen LogP contribution in [0.4, 0.5) is 5.13 Å². The van der Waals surface area contributed by atoms with Crippen molar-refractivity contribution < 1.29 is 4.79 Å². The minimum Gasteiger partial charge on any atom is -0.363 e. The predicted octanol–water partition coefficient (Wildman–Crippen LogP) is 1.65. The van der Waals surface area contributed by atoms with Crippen molar-refractivity contribution in [2.24, 2.45) is 0 Å². The molecule has 1 rings (SSSR count). The second kappa shape index (κ2) is 4.57. The number of hydrogen-bond acceptors (Lipinski definition) is 6. The molecule has 0 aliphatic heterocycles. The lowest BCUT2D eigenvalue weighted by Gasteiger charge is -2.01. The molecule has 0 aromatic carbocycles. The van der Waals surface area contributed by atoms with Crippen molar-refractivity contribution in [3.8, 4) is 0 Å². The molecule has 1 aromatic heterocycles. The van der Waals surface area contributed by atoms with Gasteiger partial charge in [0.25, 0.3) is 0 Å². The number of aromatic nitrogens is 2. The lowest BCUT2D eigenvalue weighted by atomic mass is 10.3. The zero-order valence-corrected chi connectivity index (χ0v) is 9.33. The van der Waals surface area contributed by atoms with E-state index in [4.69, 9.17) is 0 Å². The fourth-order valence-electron chi connectivity index (χ4n) is 0.593. The molecule has 0 fully saturated rings. The molecule has 0 saturated carbocycles. The summed E-state index contributed by atoms with van der Waals surface area (Å²) in [5.41, 5.74) is 0. The van der Waals surface area contributed by atoms with Crippen molar-refractivity contribution in [2.45, 2.75) is 23.4 Å². The van der Waals surface area contributed by atoms with Crippen molar-refractivity contribution in [3.05, 3.63) is 0 Å². The fraction of sp³-hybridized carbons (Fsp3) is 0.571. The molecular weight excluding hydrogens is 206 g/mol. The van der Waals surface area contributed by atoms with E-state index in [0.717, 1.165) is 9.47 Å². The first-order valence-corrected chi connectivity index (χ1v) is 5.51. The number of hydrogen-bond donors (Lipinski definition) is 1. The van der Waals surface area contributed by atoms with Crippen LogP contribution in [0.5, 0.6) is 0 Å². The van der Waals surface area contributed by atoms with Gasteiger partial charge >= 0.3 is 0 Å². The summed E-state index contributed by atoms with van der Waals surface area (Å²) in [7, 11) is 1.80. The molecular formula is C7H11N3OS2. The summed E-state index contributed by atoms with van der Waals surface area (Å²) in [6, 6.07) is 0. The van der Waals surface area contributed by atoms with Crippen LogP contribution in [0.1, 0.15) is 13.8 Å². The van der Waals surface area contributed by atoms with Crippen LogP contribution < -0.4 is 5.32 Å². The predicted molar refractivity (Wildman–Crippen MR) is 55.5 cm³/mol. The summed E-state index contributed by atoms with van der Waals surface area (Å²) in [6.07, 6.45) is 0. The Balaban J connectivity index is 2.58. The number of rotatable bonds is 4. The highest BCUT2D eigenvalue weighted by atomic mass is 32.2. The van der Waals surface area contributed by atoms with Crippen LogP contribution in [0.15, 0.2) is 4.34 Å². The van der Waals surface area contributed by atoms with Crippen LogP contribution in [0.2, 0.25) is 0 Å². The van der Waals surface area contributed by atoms with Crippen LogP contribution in [0, 0.1) is 0 Å². The largest absolute Gasteiger partial charge is 0.363 e. The second-order valence-corrected chi connectivity index (χ2v) is 5.06. The van der Waals surface area contributed by atoms with E-state index in [1.165, 1.54) is 23.1 Å². The van der Waals surface area contributed by atoms with E-state index < -0.39 is 0 Å². The Morgan fingerprint density at radius 2 is 2.31 bits per heavy atom. The maximum absolute atomic E-state index is 10.9. The van der Waals surface area contributed by atoms with E-state index in [9.17, 15) is 4.79 Å². The summed E-state index contributed by atoms with van der Waals surface area (Å²) in [5.74, 6) is 0.159. The maximum atomic E-state index is 10.9. The average Bonchev–Trinajstić information content (AvgIpc) is 2.52. The third-order valence-electron chi connectivity index (χ3n) is 1.47. The van der Waals surface area contributed by atoms with Gasteiger partial charge in [0.15, 0.2) is 4.34 Å². The van der Waals surface area contributed by atoms with Crippen molar-refractivity contribution >= 4 is 34.0 Å². The Labute approximate surface area is 85.1 Å². The van der Waals surface area contributed by atoms with Crippen LogP contribution in [0.25, 0.3) is 0 Å². The van der Waals surface area contributed by atoms with E-state index in [1.807, 2.05) is 6.92 Å². The Morgan fingerprint density at radius 3 is 2.77 bits per heavy atom. The Bertz CT molecular complexity index is 300. The molecule has 0 amide bonds. The molecule has 0 spiro atoms. The van der Waals surface area contributed by atoms with Crippen LogP contribution in [-0.4, -0.2) is 28.3 Å². The van der Waals surface area contributed by atoms with Gasteiger partial charge in [0.05, 0.1) is 5.25 Å². The number of thioether (sulfide) groups is 1. The number of anilines is 1. The number of nitrogens with one attached hydrogen (secondary N) is 1. The van der Waals surface area contributed by atoms with Gasteiger partial charge in [0, 0.05) is 7.05 Å². The van der Waals surface area contributed by atoms with Crippen molar-refractivity contribution in [1.82, 2.24) is 10.2 Å². The third kappa shape index (κ3) is 2.96. The quantitative estimate of drug-likeness (QED) is 0.777. The van der Waals surface area contributed by atoms with Gasteiger partial charge in [-0.15, -0.1) is 10.2 Å². The van der Waals surface area contributed by atoms with E-state index in [1.54, 1.807) is 14.0 Å². The monoisotopic (exact) mass is 217 g/mol. The summed E-state index contributed by atoms with van der Waals surface area (Å²) in [4.78, 5) is 10.9. The van der Waals surface area contributed by atoms with Crippen molar-refractivity contribution in [3.63, 3.8) is 0 Å². The normalized spacial score (nSPS) is 12.5. The highest BCUT2D eigenvalue weighted by Crippen LogP contribution is 2.28. The van der Waals surface area contributed by atoms with E-state index in [-0.39, 0.29) is 11.0 Å². The highest BCUT2D eigenvalue weighted by molar-refractivity contribution is 8.02. The molecule has 13 heavy (non-hydrogen) atoms. The zero-order valence-electron chi connectivity index (χ0n) is 7.70. The molecule has 0 bridgehead atoms. The summed E-state index contributed by atoms with van der Waals surface area (Å²) in [5, 5.41) is 11.4. The summed E-state index contributed by atoms with van der Waals surface area (Å²) < 4.78 is 0.826. The van der Waals surface area contributed by atoms with E-state index in [0.29, 0.717) is 0 Å². The lowest BCUT2D eigenvalue weighted by Crippen LogP contribution is -2.07. The number of nitrogens with zero attached hydrogens (tertiary/aromatic N) is 2. The van der Waals surface area contributed by atoms with Crippen LogP contribution >= 0.6 is 23.1 Å². The number of Topliss-reactive ketones (excluding diaryl/α,β-unsaturated/α-hetero) is 1. The fourth-order valence-corrected chi connectivity index (χ4v) is 2.44. The lowest BCUT2D eigenvalue weighted by molar-refractivity contribution is -0.116. The number of ketones is 1. The smallest absolute Gasteiger partial charge is 0.206 e. The van der Waals surface area contributed by atoms with Gasteiger partial charge in [-0.05, 0) is 13.8 Å². The summed E-state index contributed by atoms with van der Waals surface area (Å²) in [6.45, 7) is 3.45. The second-order valence-electron chi connectivity index (χ2n) is 2.49. The van der Waals surface area contributed by atoms with Gasteiger partial charge in [-0.2, -0.15) is 0 Å². The molecule has 1 heterocycles. The molecule has 72 valence electrons. The van der Waals surface area contributed by atoms with Gasteiger partial charge in [-0.1, -0.05) is 23.1 Å². The average molecular weight is 217 g/mol. The summed E-state index contributed by atoms with van der Waals surface area (Å²) >= 11 is 2.90. The molecule has 0 aliphatic carbocycles. The topological polar surface area (TPSA) is 54.9 Å². The molecule has 0 aliphatic rings. The first kappa shape index (κ1) is 10.5. The van der Waals surface area contributed by atoms with Gasteiger partial charge in [-0.25, -0.2) is 0 Å². The Hall–Kier alpha value is -0.620. The Kier molecular flexibility index (Phi) is 3.68. The van der Waals surface area contributed by atoms with Gasteiger partial charge in [0.2, 0.25) is 5.13 Å². The van der Waals surface area contributed by atoms with Crippen LogP contribution in [-0.2, 0) is 4.79 Å². The first-order valence-electron chi connectivity index (χ1n) is 3.82. The molecule has 6 heteroatoms. The highest BCUT2D eigenvalue weighted by Gasteiger charge is 2.12. The molecule has 1 unspecified atom stereocenters. The SMILES string of the molecule is CNc1nnc(SC(C)C(C)=O)s1. The van der Waals surface area contributed by atoms with Gasteiger partial charge < -0.3 is 5.32 Å². The standard InChI is InChI=1S/C7H11N3OS2/c1-4(11)5(2)12-7-10-9-6(8-3)13-7/h5H,1-3H3,(H,8,9). The maximum Gasteiger partial charge on any atom is 0.206 e. The minimum absolute atomic E-state index is 0.0438. The molecule has 1 aromatic rings. The molecule has 1 N–H and O–H groups in total. The van der Waals surface area contributed by atoms with Crippen molar-refractivity contribution in [2.75, 3.05) is 12.4 Å². The number of carbonyl (C=O) groups excluding carboxylic acids is 1. The van der Waals surface area contributed by atoms with Gasteiger partial charge in [-0.3, -0.25) is 4.79 Å². The molecule has 0 radical (unpaired) electrons. The molecule has 0 saturated heterocycles. The first-order chi connectivity index (χ1) is 6.13. The van der Waals surface area contributed by atoms with Crippen LogP contribution in [0.3, 0.4) is 0 Å². The van der Waals surface area contributed by atoms with Gasteiger partial charge in [0.1, 0.15) is 5.78 Å². The van der Waals surface area contributed by atoms with E-state index in [2.05, 4.69) is 15.5 Å². The third-order valence-corrected chi connectivity index (χ3v) is 3.71. The molecule has 4 nitrogen and oxygen atoms in total. The molecule has 1 atom stereocenters. The van der Waals surface area contributed by atoms with E-state index >= 15 is 0 Å². The number of carbonyl (C=O) groups is 1.